The van der Waals surface area contributed by atoms with Crippen LogP contribution >= 0.6 is 43.2 Å². The van der Waals surface area contributed by atoms with E-state index in [1.807, 2.05) is 29.8 Å². The first kappa shape index (κ1) is 14.7. The molecule has 3 aromatic rings. The molecule has 0 fully saturated rings. The van der Waals surface area contributed by atoms with E-state index >= 15 is 0 Å². The van der Waals surface area contributed by atoms with Gasteiger partial charge >= 0.3 is 0 Å². The highest BCUT2D eigenvalue weighted by molar-refractivity contribution is 9.13. The number of hydrogen-bond donors (Lipinski definition) is 1. The SMILES string of the molecule is Cc1nccn1-c1ncccc1NCc1cc(Br)c(Br)s1. The van der Waals surface area contributed by atoms with Gasteiger partial charge in [0, 0.05) is 34.5 Å². The number of nitrogens with zero attached hydrogens (tertiary/aromatic N) is 3. The van der Waals surface area contributed by atoms with Gasteiger partial charge in [-0.1, -0.05) is 0 Å². The minimum atomic E-state index is 0.751. The second kappa shape index (κ2) is 6.29. The summed E-state index contributed by atoms with van der Waals surface area (Å²) in [6.07, 6.45) is 5.49. The maximum absolute atomic E-state index is 4.46. The Balaban J connectivity index is 1.84. The van der Waals surface area contributed by atoms with Gasteiger partial charge in [0.15, 0.2) is 5.82 Å². The first-order valence-electron chi connectivity index (χ1n) is 6.28. The minimum absolute atomic E-state index is 0.751. The number of imidazole rings is 1. The van der Waals surface area contributed by atoms with Gasteiger partial charge in [-0.15, -0.1) is 11.3 Å². The lowest BCUT2D eigenvalue weighted by Crippen LogP contribution is -2.06. The third kappa shape index (κ3) is 3.20. The first-order valence-corrected chi connectivity index (χ1v) is 8.68. The average Bonchev–Trinajstić information content (AvgIpc) is 3.03. The van der Waals surface area contributed by atoms with Crippen molar-refractivity contribution in [1.82, 2.24) is 14.5 Å². The molecule has 0 bridgehead atoms. The van der Waals surface area contributed by atoms with Gasteiger partial charge in [0.1, 0.15) is 5.82 Å². The molecule has 0 aromatic carbocycles. The van der Waals surface area contributed by atoms with Crippen molar-refractivity contribution in [2.75, 3.05) is 5.32 Å². The Morgan fingerprint density at radius 2 is 2.14 bits per heavy atom. The predicted molar refractivity (Wildman–Crippen MR) is 93.1 cm³/mol. The van der Waals surface area contributed by atoms with E-state index in [1.54, 1.807) is 23.7 Å². The fourth-order valence-electron chi connectivity index (χ4n) is 1.99. The van der Waals surface area contributed by atoms with Crippen LogP contribution in [-0.4, -0.2) is 14.5 Å². The number of anilines is 1. The quantitative estimate of drug-likeness (QED) is 0.651. The predicted octanol–water partition coefficient (Wildman–Crippen LogP) is 4.77. The highest BCUT2D eigenvalue weighted by atomic mass is 79.9. The van der Waals surface area contributed by atoms with Crippen LogP contribution in [0.2, 0.25) is 0 Å². The largest absolute Gasteiger partial charge is 0.377 e. The van der Waals surface area contributed by atoms with Gasteiger partial charge in [0.2, 0.25) is 0 Å². The second-order valence-electron chi connectivity index (χ2n) is 4.41. The molecular formula is C14H12Br2N4S. The lowest BCUT2D eigenvalue weighted by atomic mass is 10.3. The highest BCUT2D eigenvalue weighted by Crippen LogP contribution is 2.33. The number of rotatable bonds is 4. The van der Waals surface area contributed by atoms with Crippen LogP contribution in [0.5, 0.6) is 0 Å². The van der Waals surface area contributed by atoms with E-state index in [4.69, 9.17) is 0 Å². The van der Waals surface area contributed by atoms with Crippen LogP contribution in [0, 0.1) is 6.92 Å². The van der Waals surface area contributed by atoms with Gasteiger partial charge in [-0.25, -0.2) is 9.97 Å². The van der Waals surface area contributed by atoms with Crippen molar-refractivity contribution < 1.29 is 0 Å². The van der Waals surface area contributed by atoms with Crippen LogP contribution in [0.25, 0.3) is 5.82 Å². The Bertz CT molecular complexity index is 746. The first-order chi connectivity index (χ1) is 10.1. The summed E-state index contributed by atoms with van der Waals surface area (Å²) in [6.45, 7) is 2.72. The van der Waals surface area contributed by atoms with Gasteiger partial charge in [-0.2, -0.15) is 0 Å². The molecule has 3 heterocycles. The van der Waals surface area contributed by atoms with Crippen LogP contribution in [0.4, 0.5) is 5.69 Å². The molecule has 4 nitrogen and oxygen atoms in total. The maximum Gasteiger partial charge on any atom is 0.161 e. The smallest absolute Gasteiger partial charge is 0.161 e. The maximum atomic E-state index is 4.46. The normalized spacial score (nSPS) is 10.8. The van der Waals surface area contributed by atoms with Crippen molar-refractivity contribution in [3.63, 3.8) is 0 Å². The Hall–Kier alpha value is -1.18. The zero-order valence-electron chi connectivity index (χ0n) is 11.2. The van der Waals surface area contributed by atoms with Crippen molar-refractivity contribution in [1.29, 1.82) is 0 Å². The zero-order chi connectivity index (χ0) is 14.8. The molecule has 0 aliphatic heterocycles. The molecule has 0 unspecified atom stereocenters. The molecule has 0 spiro atoms. The molecule has 0 aliphatic carbocycles. The third-order valence-corrected chi connectivity index (χ3v) is 6.25. The summed E-state index contributed by atoms with van der Waals surface area (Å²) in [5.41, 5.74) is 0.985. The van der Waals surface area contributed by atoms with Crippen LogP contribution in [0.1, 0.15) is 10.7 Å². The second-order valence-corrected chi connectivity index (χ2v) is 7.72. The van der Waals surface area contributed by atoms with Gasteiger partial charge in [-0.05, 0) is 57.0 Å². The van der Waals surface area contributed by atoms with E-state index in [0.29, 0.717) is 0 Å². The lowest BCUT2D eigenvalue weighted by Gasteiger charge is -2.11. The Morgan fingerprint density at radius 3 is 2.81 bits per heavy atom. The molecule has 3 aromatic heterocycles. The van der Waals surface area contributed by atoms with E-state index in [2.05, 4.69) is 53.2 Å². The molecule has 21 heavy (non-hydrogen) atoms. The van der Waals surface area contributed by atoms with E-state index in [-0.39, 0.29) is 0 Å². The van der Waals surface area contributed by atoms with Crippen molar-refractivity contribution in [3.8, 4) is 5.82 Å². The topological polar surface area (TPSA) is 42.7 Å². The molecule has 3 rings (SSSR count). The van der Waals surface area contributed by atoms with E-state index in [1.165, 1.54) is 4.88 Å². The van der Waals surface area contributed by atoms with Crippen LogP contribution < -0.4 is 5.32 Å². The highest BCUT2D eigenvalue weighted by Gasteiger charge is 2.09. The Morgan fingerprint density at radius 1 is 1.29 bits per heavy atom. The third-order valence-electron chi connectivity index (χ3n) is 2.99. The van der Waals surface area contributed by atoms with Crippen molar-refractivity contribution in [3.05, 3.63) is 55.8 Å². The molecule has 0 saturated heterocycles. The zero-order valence-corrected chi connectivity index (χ0v) is 15.2. The summed E-state index contributed by atoms with van der Waals surface area (Å²) in [4.78, 5) is 9.96. The van der Waals surface area contributed by atoms with Crippen LogP contribution in [0.15, 0.2) is 45.0 Å². The Kier molecular flexibility index (Phi) is 4.42. The monoisotopic (exact) mass is 426 g/mol. The summed E-state index contributed by atoms with van der Waals surface area (Å²) in [6, 6.07) is 6.07. The summed E-state index contributed by atoms with van der Waals surface area (Å²) in [5.74, 6) is 1.78. The van der Waals surface area contributed by atoms with Crippen molar-refractivity contribution in [2.45, 2.75) is 13.5 Å². The number of pyridine rings is 1. The molecule has 108 valence electrons. The number of hydrogen-bond acceptors (Lipinski definition) is 4. The molecule has 1 N–H and O–H groups in total. The average molecular weight is 428 g/mol. The molecule has 0 amide bonds. The van der Waals surface area contributed by atoms with Crippen molar-refractivity contribution in [2.24, 2.45) is 0 Å². The Labute approximate surface area is 143 Å². The number of nitrogens with one attached hydrogen (secondary N) is 1. The molecule has 7 heteroatoms. The summed E-state index contributed by atoms with van der Waals surface area (Å²) in [7, 11) is 0. The molecule has 0 atom stereocenters. The molecule has 0 aliphatic rings. The van der Waals surface area contributed by atoms with Gasteiger partial charge in [0.25, 0.3) is 0 Å². The fourth-order valence-corrected chi connectivity index (χ4v) is 4.11. The number of aryl methyl sites for hydroxylation is 1. The van der Waals surface area contributed by atoms with E-state index in [0.717, 1.165) is 32.1 Å². The fraction of sp³-hybridized carbons (Fsp3) is 0.143. The number of aromatic nitrogens is 3. The lowest BCUT2D eigenvalue weighted by molar-refractivity contribution is 0.930. The standard InChI is InChI=1S/C14H12Br2N4S/c1-9-17-5-6-20(9)14-12(3-2-4-18-14)19-8-10-7-11(15)13(16)21-10/h2-7,19H,8H2,1H3. The van der Waals surface area contributed by atoms with Crippen LogP contribution in [-0.2, 0) is 6.54 Å². The molecule has 0 saturated carbocycles. The van der Waals surface area contributed by atoms with Gasteiger partial charge < -0.3 is 5.32 Å². The summed E-state index contributed by atoms with van der Waals surface area (Å²) in [5, 5.41) is 3.44. The number of thiophene rings is 1. The van der Waals surface area contributed by atoms with Crippen LogP contribution in [0.3, 0.4) is 0 Å². The van der Waals surface area contributed by atoms with Crippen molar-refractivity contribution >= 4 is 48.9 Å². The van der Waals surface area contributed by atoms with Gasteiger partial charge in [0.05, 0.1) is 9.47 Å². The molecule has 0 radical (unpaired) electrons. The number of halogens is 2. The van der Waals surface area contributed by atoms with Gasteiger partial charge in [-0.3, -0.25) is 4.57 Å². The van der Waals surface area contributed by atoms with E-state index in [9.17, 15) is 0 Å². The summed E-state index contributed by atoms with van der Waals surface area (Å²) < 4.78 is 4.17. The minimum Gasteiger partial charge on any atom is -0.377 e. The summed E-state index contributed by atoms with van der Waals surface area (Å²) >= 11 is 8.73. The molecular weight excluding hydrogens is 416 g/mol. The van der Waals surface area contributed by atoms with E-state index < -0.39 is 0 Å².